The van der Waals surface area contributed by atoms with Crippen molar-refractivity contribution in [3.05, 3.63) is 71.8 Å². The van der Waals surface area contributed by atoms with Crippen LogP contribution in [0, 0.1) is 0 Å². The van der Waals surface area contributed by atoms with Crippen LogP contribution in [0.1, 0.15) is 52.7 Å². The highest BCUT2D eigenvalue weighted by Crippen LogP contribution is 2.31. The largest absolute Gasteiger partial charge is 0.287 e. The molecule has 0 radical (unpaired) electrons. The minimum Gasteiger partial charge on any atom is -0.287 e. The molecule has 2 aromatic rings. The van der Waals surface area contributed by atoms with Crippen LogP contribution in [0.4, 0.5) is 0 Å². The van der Waals surface area contributed by atoms with Crippen molar-refractivity contribution in [1.29, 1.82) is 0 Å². The van der Waals surface area contributed by atoms with Gasteiger partial charge in [0, 0.05) is 11.1 Å². The van der Waals surface area contributed by atoms with E-state index in [4.69, 9.17) is 0 Å². The Morgan fingerprint density at radius 1 is 0.522 bits per heavy atom. The van der Waals surface area contributed by atoms with Crippen LogP contribution in [-0.2, 0) is 5.66 Å². The molecule has 0 heterocycles. The van der Waals surface area contributed by atoms with E-state index in [0.717, 1.165) is 0 Å². The zero-order valence-corrected chi connectivity index (χ0v) is 15.3. The highest BCUT2D eigenvalue weighted by Gasteiger charge is 2.39. The average molecular weight is 310 g/mol. The summed E-state index contributed by atoms with van der Waals surface area (Å²) in [5.41, 5.74) is 1.89. The first-order valence-corrected chi connectivity index (χ1v) is 8.32. The summed E-state index contributed by atoms with van der Waals surface area (Å²) >= 11 is 0. The van der Waals surface area contributed by atoms with Gasteiger partial charge in [-0.2, -0.15) is 0 Å². The second kappa shape index (κ2) is 6.46. The number of nitrogens with one attached hydrogen (secondary N) is 2. The van der Waals surface area contributed by atoms with Crippen LogP contribution in [0.5, 0.6) is 0 Å². The van der Waals surface area contributed by atoms with Gasteiger partial charge in [0.2, 0.25) is 0 Å². The Kier molecular flexibility index (Phi) is 4.98. The summed E-state index contributed by atoms with van der Waals surface area (Å²) in [4.78, 5) is 0. The summed E-state index contributed by atoms with van der Waals surface area (Å²) in [6, 6.07) is 21.3. The van der Waals surface area contributed by atoms with E-state index in [0.29, 0.717) is 0 Å². The second-order valence-corrected chi connectivity index (χ2v) is 8.23. The fourth-order valence-corrected chi connectivity index (χ4v) is 2.99. The van der Waals surface area contributed by atoms with Crippen molar-refractivity contribution in [2.45, 2.75) is 58.3 Å². The first-order chi connectivity index (χ1) is 10.6. The third-order valence-electron chi connectivity index (χ3n) is 3.54. The molecule has 0 amide bonds. The average Bonchev–Trinajstić information content (AvgIpc) is 2.45. The zero-order valence-electron chi connectivity index (χ0n) is 15.3. The lowest BCUT2D eigenvalue weighted by Gasteiger charge is -2.46. The van der Waals surface area contributed by atoms with Crippen LogP contribution in [0.25, 0.3) is 0 Å². The van der Waals surface area contributed by atoms with E-state index >= 15 is 0 Å². The van der Waals surface area contributed by atoms with Gasteiger partial charge < -0.3 is 0 Å². The van der Waals surface area contributed by atoms with Crippen molar-refractivity contribution in [3.8, 4) is 0 Å². The van der Waals surface area contributed by atoms with Crippen molar-refractivity contribution >= 4 is 0 Å². The molecule has 0 atom stereocenters. The fourth-order valence-electron chi connectivity index (χ4n) is 2.99. The van der Waals surface area contributed by atoms with Crippen LogP contribution in [0.3, 0.4) is 0 Å². The predicted molar refractivity (Wildman–Crippen MR) is 99.4 cm³/mol. The third-order valence-corrected chi connectivity index (χ3v) is 3.54. The van der Waals surface area contributed by atoms with Gasteiger partial charge in [-0.3, -0.25) is 10.6 Å². The third kappa shape index (κ3) is 4.66. The van der Waals surface area contributed by atoms with Crippen LogP contribution in [0.2, 0.25) is 0 Å². The summed E-state index contributed by atoms with van der Waals surface area (Å²) in [6.45, 7) is 13.2. The molecule has 0 spiro atoms. The van der Waals surface area contributed by atoms with E-state index in [1.165, 1.54) is 11.1 Å². The Morgan fingerprint density at radius 3 is 1.09 bits per heavy atom. The molecule has 2 nitrogen and oxygen atoms in total. The Bertz CT molecular complexity index is 546. The minimum absolute atomic E-state index is 0.0517. The van der Waals surface area contributed by atoms with Gasteiger partial charge in [-0.05, 0) is 52.7 Å². The standard InChI is InChI=1S/C21H30N2/c1-19(2,3)22-21(23-20(4,5)6,17-13-9-7-10-14-17)18-15-11-8-12-16-18/h7-16,22-23H,1-6H3. The minimum atomic E-state index is -0.445. The molecular weight excluding hydrogens is 280 g/mol. The maximum atomic E-state index is 3.85. The highest BCUT2D eigenvalue weighted by atomic mass is 15.2. The number of hydrogen-bond donors (Lipinski definition) is 2. The Hall–Kier alpha value is -1.64. The SMILES string of the molecule is CC(C)(C)NC(NC(C)(C)C)(c1ccccc1)c1ccccc1. The topological polar surface area (TPSA) is 24.1 Å². The fraction of sp³-hybridized carbons (Fsp3) is 0.429. The molecule has 2 aromatic carbocycles. The lowest BCUT2D eigenvalue weighted by Crippen LogP contribution is -2.64. The summed E-state index contributed by atoms with van der Waals surface area (Å²) in [5.74, 6) is 0. The van der Waals surface area contributed by atoms with Crippen LogP contribution in [0.15, 0.2) is 60.7 Å². The monoisotopic (exact) mass is 310 g/mol. The Labute approximate surface area is 141 Å². The van der Waals surface area contributed by atoms with Crippen molar-refractivity contribution < 1.29 is 0 Å². The summed E-state index contributed by atoms with van der Waals surface area (Å²) in [5, 5.41) is 7.70. The molecule has 0 bridgehead atoms. The van der Waals surface area contributed by atoms with Gasteiger partial charge in [-0.25, -0.2) is 0 Å². The maximum absolute atomic E-state index is 3.85. The quantitative estimate of drug-likeness (QED) is 0.802. The molecule has 0 aliphatic carbocycles. The van der Waals surface area contributed by atoms with Gasteiger partial charge in [0.15, 0.2) is 0 Å². The number of benzene rings is 2. The van der Waals surface area contributed by atoms with Gasteiger partial charge in [-0.1, -0.05) is 60.7 Å². The van der Waals surface area contributed by atoms with Crippen LogP contribution in [-0.4, -0.2) is 11.1 Å². The van der Waals surface area contributed by atoms with Crippen molar-refractivity contribution in [2.75, 3.05) is 0 Å². The van der Waals surface area contributed by atoms with Crippen molar-refractivity contribution in [3.63, 3.8) is 0 Å². The molecule has 2 N–H and O–H groups in total. The maximum Gasteiger partial charge on any atom is 0.122 e. The molecule has 0 saturated heterocycles. The summed E-state index contributed by atoms with van der Waals surface area (Å²) < 4.78 is 0. The predicted octanol–water partition coefficient (Wildman–Crippen LogP) is 4.66. The number of rotatable bonds is 4. The van der Waals surface area contributed by atoms with E-state index in [1.54, 1.807) is 0 Å². The molecule has 23 heavy (non-hydrogen) atoms. The number of hydrogen-bond acceptors (Lipinski definition) is 2. The first-order valence-electron chi connectivity index (χ1n) is 8.32. The molecule has 0 aliphatic rings. The van der Waals surface area contributed by atoms with Crippen molar-refractivity contribution in [1.82, 2.24) is 10.6 Å². The molecule has 0 saturated carbocycles. The zero-order chi connectivity index (χ0) is 17.1. The molecule has 2 rings (SSSR count). The highest BCUT2D eigenvalue weighted by molar-refractivity contribution is 5.38. The molecular formula is C21H30N2. The van der Waals surface area contributed by atoms with Gasteiger partial charge in [0.05, 0.1) is 0 Å². The van der Waals surface area contributed by atoms with Crippen LogP contribution < -0.4 is 10.6 Å². The van der Waals surface area contributed by atoms with Gasteiger partial charge in [0.25, 0.3) is 0 Å². The molecule has 0 unspecified atom stereocenters. The first kappa shape index (κ1) is 17.7. The van der Waals surface area contributed by atoms with Gasteiger partial charge in [0.1, 0.15) is 5.66 Å². The van der Waals surface area contributed by atoms with E-state index in [2.05, 4.69) is 113 Å². The van der Waals surface area contributed by atoms with E-state index in [-0.39, 0.29) is 11.1 Å². The smallest absolute Gasteiger partial charge is 0.122 e. The van der Waals surface area contributed by atoms with Crippen molar-refractivity contribution in [2.24, 2.45) is 0 Å². The van der Waals surface area contributed by atoms with E-state index in [9.17, 15) is 0 Å². The Morgan fingerprint density at radius 2 is 0.826 bits per heavy atom. The molecule has 0 aromatic heterocycles. The van der Waals surface area contributed by atoms with E-state index in [1.807, 2.05) is 0 Å². The van der Waals surface area contributed by atoms with Crippen LogP contribution >= 0.6 is 0 Å². The molecule has 2 heteroatoms. The van der Waals surface area contributed by atoms with Gasteiger partial charge in [-0.15, -0.1) is 0 Å². The van der Waals surface area contributed by atoms with Gasteiger partial charge >= 0.3 is 0 Å². The lowest BCUT2D eigenvalue weighted by molar-refractivity contribution is 0.190. The summed E-state index contributed by atoms with van der Waals surface area (Å²) in [7, 11) is 0. The normalized spacial score (nSPS) is 13.1. The molecule has 0 fully saturated rings. The molecule has 124 valence electrons. The lowest BCUT2D eigenvalue weighted by atomic mass is 9.86. The Balaban J connectivity index is 2.68. The van der Waals surface area contributed by atoms with E-state index < -0.39 is 5.66 Å². The second-order valence-electron chi connectivity index (χ2n) is 8.23. The molecule has 0 aliphatic heterocycles. The summed E-state index contributed by atoms with van der Waals surface area (Å²) in [6.07, 6.45) is 0.